The Labute approximate surface area is 155 Å². The fourth-order valence-corrected chi connectivity index (χ4v) is 3.57. The molecule has 0 heterocycles. The van der Waals surface area contributed by atoms with Crippen LogP contribution >= 0.6 is 23.2 Å². The number of ether oxygens (including phenoxy) is 1. The zero-order valence-electron chi connectivity index (χ0n) is 13.2. The number of halogens is 2. The van der Waals surface area contributed by atoms with Gasteiger partial charge in [0.15, 0.2) is 11.5 Å². The van der Waals surface area contributed by atoms with Crippen molar-refractivity contribution < 1.29 is 19.4 Å². The van der Waals surface area contributed by atoms with Crippen LogP contribution in [0.4, 0.5) is 0 Å². The molecule has 1 N–H and O–H groups in total. The van der Waals surface area contributed by atoms with Crippen molar-refractivity contribution in [3.63, 3.8) is 0 Å². The Morgan fingerprint density at radius 3 is 2.20 bits per heavy atom. The monoisotopic (exact) mass is 378 g/mol. The van der Waals surface area contributed by atoms with Gasteiger partial charge in [-0.2, -0.15) is 0 Å². The number of ketones is 1. The van der Waals surface area contributed by atoms with Crippen LogP contribution < -0.4 is 4.74 Å². The van der Waals surface area contributed by atoms with Crippen LogP contribution in [0.15, 0.2) is 42.5 Å². The Kier molecular flexibility index (Phi) is 5.30. The lowest BCUT2D eigenvalue weighted by molar-refractivity contribution is -0.141. The number of carbonyl (C=O) groups is 2. The lowest BCUT2D eigenvalue weighted by atomic mass is 10.0. The van der Waals surface area contributed by atoms with Crippen LogP contribution in [0.3, 0.4) is 0 Å². The maximum Gasteiger partial charge on any atom is 0.306 e. The SMILES string of the molecule is O=C(c1ccccc1)c1cc(Cl)c(O[C@H]2CC[C@H](C(=O)O)C2)c(Cl)c1. The standard InChI is InChI=1S/C19H16Cl2O4/c20-15-9-13(17(22)11-4-2-1-3-5-11)10-16(21)18(15)25-14-7-6-12(8-14)19(23)24/h1-5,9-10,12,14H,6-8H2,(H,23,24)/t12-,14-/m0/s1. The first-order chi connectivity index (χ1) is 12.0. The molecule has 1 fully saturated rings. The van der Waals surface area contributed by atoms with E-state index in [1.807, 2.05) is 6.07 Å². The molecule has 3 rings (SSSR count). The highest BCUT2D eigenvalue weighted by molar-refractivity contribution is 6.38. The number of hydrogen-bond acceptors (Lipinski definition) is 3. The van der Waals surface area contributed by atoms with Gasteiger partial charge in [0.25, 0.3) is 0 Å². The molecule has 0 saturated heterocycles. The maximum absolute atomic E-state index is 12.5. The first-order valence-corrected chi connectivity index (χ1v) is 8.69. The molecule has 25 heavy (non-hydrogen) atoms. The zero-order valence-corrected chi connectivity index (χ0v) is 14.8. The number of benzene rings is 2. The van der Waals surface area contributed by atoms with E-state index in [2.05, 4.69) is 0 Å². The van der Waals surface area contributed by atoms with Gasteiger partial charge in [0.05, 0.1) is 22.1 Å². The molecule has 0 spiro atoms. The molecule has 1 aliphatic rings. The van der Waals surface area contributed by atoms with Crippen molar-refractivity contribution in [2.75, 3.05) is 0 Å². The summed E-state index contributed by atoms with van der Waals surface area (Å²) in [6.07, 6.45) is 1.38. The number of carboxylic acids is 1. The van der Waals surface area contributed by atoms with Gasteiger partial charge in [-0.3, -0.25) is 9.59 Å². The molecular formula is C19H16Cl2O4. The molecule has 6 heteroatoms. The van der Waals surface area contributed by atoms with E-state index < -0.39 is 11.9 Å². The molecule has 2 aromatic carbocycles. The quantitative estimate of drug-likeness (QED) is 0.754. The van der Waals surface area contributed by atoms with Gasteiger partial charge >= 0.3 is 5.97 Å². The minimum absolute atomic E-state index is 0.178. The summed E-state index contributed by atoms with van der Waals surface area (Å²) in [7, 11) is 0. The van der Waals surface area contributed by atoms with Crippen LogP contribution in [0.5, 0.6) is 5.75 Å². The van der Waals surface area contributed by atoms with Gasteiger partial charge in [-0.05, 0) is 31.4 Å². The smallest absolute Gasteiger partial charge is 0.306 e. The number of aliphatic carboxylic acids is 1. The lowest BCUT2D eigenvalue weighted by Gasteiger charge is -2.17. The molecule has 0 bridgehead atoms. The zero-order chi connectivity index (χ0) is 18.0. The van der Waals surface area contributed by atoms with Gasteiger partial charge < -0.3 is 9.84 Å². The Bertz CT molecular complexity index is 781. The maximum atomic E-state index is 12.5. The topological polar surface area (TPSA) is 63.6 Å². The van der Waals surface area contributed by atoms with Crippen molar-refractivity contribution in [1.82, 2.24) is 0 Å². The Morgan fingerprint density at radius 2 is 1.64 bits per heavy atom. The number of rotatable bonds is 5. The molecule has 0 radical (unpaired) electrons. The van der Waals surface area contributed by atoms with Crippen LogP contribution in [0, 0.1) is 5.92 Å². The van der Waals surface area contributed by atoms with Gasteiger partial charge in [-0.15, -0.1) is 0 Å². The summed E-state index contributed by atoms with van der Waals surface area (Å²) < 4.78 is 5.82. The first kappa shape index (κ1) is 17.8. The van der Waals surface area contributed by atoms with Gasteiger partial charge in [0, 0.05) is 11.1 Å². The Hall–Kier alpha value is -2.04. The van der Waals surface area contributed by atoms with Gasteiger partial charge in [-0.1, -0.05) is 53.5 Å². The van der Waals surface area contributed by atoms with E-state index in [-0.39, 0.29) is 21.9 Å². The summed E-state index contributed by atoms with van der Waals surface area (Å²) in [4.78, 5) is 23.5. The van der Waals surface area contributed by atoms with Crippen molar-refractivity contribution in [3.05, 3.63) is 63.6 Å². The lowest BCUT2D eigenvalue weighted by Crippen LogP contribution is -2.16. The highest BCUT2D eigenvalue weighted by Crippen LogP contribution is 2.38. The molecule has 1 saturated carbocycles. The number of carboxylic acid groups (broad SMARTS) is 1. The predicted octanol–water partition coefficient (Wildman–Crippen LogP) is 4.86. The van der Waals surface area contributed by atoms with Crippen molar-refractivity contribution >= 4 is 35.0 Å². The van der Waals surface area contributed by atoms with Crippen molar-refractivity contribution in [2.24, 2.45) is 5.92 Å². The Balaban J connectivity index is 1.79. The molecule has 0 amide bonds. The summed E-state index contributed by atoms with van der Waals surface area (Å²) in [5.41, 5.74) is 0.923. The predicted molar refractivity (Wildman–Crippen MR) is 95.7 cm³/mol. The highest BCUT2D eigenvalue weighted by atomic mass is 35.5. The molecule has 2 aromatic rings. The van der Waals surface area contributed by atoms with Gasteiger partial charge in [-0.25, -0.2) is 0 Å². The fraction of sp³-hybridized carbons (Fsp3) is 0.263. The third kappa shape index (κ3) is 3.97. The van der Waals surface area contributed by atoms with E-state index >= 15 is 0 Å². The summed E-state index contributed by atoms with van der Waals surface area (Å²) in [5, 5.41) is 9.55. The van der Waals surface area contributed by atoms with E-state index in [9.17, 15) is 9.59 Å². The second-order valence-electron chi connectivity index (χ2n) is 6.05. The van der Waals surface area contributed by atoms with Crippen molar-refractivity contribution in [3.8, 4) is 5.75 Å². The first-order valence-electron chi connectivity index (χ1n) is 7.94. The average molecular weight is 379 g/mol. The Morgan fingerprint density at radius 1 is 1.00 bits per heavy atom. The summed E-state index contributed by atoms with van der Waals surface area (Å²) in [5.74, 6) is -1.10. The normalized spacial score (nSPS) is 19.6. The molecule has 130 valence electrons. The summed E-state index contributed by atoms with van der Waals surface area (Å²) in [6, 6.07) is 11.9. The molecule has 1 aliphatic carbocycles. The molecule has 0 aliphatic heterocycles. The second-order valence-corrected chi connectivity index (χ2v) is 6.87. The third-order valence-corrected chi connectivity index (χ3v) is 4.88. The van der Waals surface area contributed by atoms with Crippen LogP contribution in [0.1, 0.15) is 35.2 Å². The van der Waals surface area contributed by atoms with Crippen molar-refractivity contribution in [2.45, 2.75) is 25.4 Å². The number of carbonyl (C=O) groups excluding carboxylic acids is 1. The third-order valence-electron chi connectivity index (χ3n) is 4.31. The van der Waals surface area contributed by atoms with Gasteiger partial charge in [0.1, 0.15) is 0 Å². The highest BCUT2D eigenvalue weighted by Gasteiger charge is 2.32. The van der Waals surface area contributed by atoms with Gasteiger partial charge in [0.2, 0.25) is 0 Å². The molecule has 4 nitrogen and oxygen atoms in total. The summed E-state index contributed by atoms with van der Waals surface area (Å²) in [6.45, 7) is 0. The number of hydrogen-bond donors (Lipinski definition) is 1. The molecular weight excluding hydrogens is 363 g/mol. The van der Waals surface area contributed by atoms with Crippen LogP contribution in [-0.4, -0.2) is 23.0 Å². The van der Waals surface area contributed by atoms with E-state index in [0.29, 0.717) is 36.1 Å². The van der Waals surface area contributed by atoms with E-state index in [4.69, 9.17) is 33.0 Å². The minimum Gasteiger partial charge on any atom is -0.487 e. The molecule has 2 atom stereocenters. The van der Waals surface area contributed by atoms with E-state index in [0.717, 1.165) is 0 Å². The molecule has 0 aromatic heterocycles. The minimum atomic E-state index is -0.813. The summed E-state index contributed by atoms with van der Waals surface area (Å²) >= 11 is 12.5. The largest absolute Gasteiger partial charge is 0.487 e. The average Bonchev–Trinajstić information content (AvgIpc) is 3.07. The van der Waals surface area contributed by atoms with Crippen LogP contribution in [-0.2, 0) is 4.79 Å². The second kappa shape index (κ2) is 7.46. The van der Waals surface area contributed by atoms with Crippen LogP contribution in [0.25, 0.3) is 0 Å². The van der Waals surface area contributed by atoms with Crippen LogP contribution in [0.2, 0.25) is 10.0 Å². The fourth-order valence-electron chi connectivity index (χ4n) is 3.00. The van der Waals surface area contributed by atoms with E-state index in [1.54, 1.807) is 24.3 Å². The van der Waals surface area contributed by atoms with Crippen molar-refractivity contribution in [1.29, 1.82) is 0 Å². The molecule has 0 unspecified atom stereocenters. The van der Waals surface area contributed by atoms with E-state index in [1.165, 1.54) is 12.1 Å².